The maximum Gasteiger partial charge on any atom is 0.335 e. The van der Waals surface area contributed by atoms with E-state index in [1.165, 1.54) is 25.3 Å². The molecular formula is C14H20O3. The monoisotopic (exact) mass is 236 g/mol. The highest BCUT2D eigenvalue weighted by molar-refractivity contribution is 5.88. The second-order valence-corrected chi connectivity index (χ2v) is 4.31. The van der Waals surface area contributed by atoms with E-state index in [1.807, 2.05) is 0 Å². The third-order valence-electron chi connectivity index (χ3n) is 2.88. The van der Waals surface area contributed by atoms with Gasteiger partial charge in [-0.15, -0.1) is 0 Å². The zero-order chi connectivity index (χ0) is 12.7. The third-order valence-corrected chi connectivity index (χ3v) is 2.88. The van der Waals surface area contributed by atoms with Crippen molar-refractivity contribution in [1.29, 1.82) is 0 Å². The molecule has 0 saturated heterocycles. The number of unbranched alkanes of at least 4 members (excludes halogenated alkanes) is 4. The van der Waals surface area contributed by atoms with E-state index in [-0.39, 0.29) is 11.3 Å². The Morgan fingerprint density at radius 1 is 1.18 bits per heavy atom. The van der Waals surface area contributed by atoms with Gasteiger partial charge >= 0.3 is 5.97 Å². The van der Waals surface area contributed by atoms with Crippen molar-refractivity contribution in [3.63, 3.8) is 0 Å². The molecule has 0 bridgehead atoms. The predicted octanol–water partition coefficient (Wildman–Crippen LogP) is 3.60. The first-order valence-corrected chi connectivity index (χ1v) is 6.20. The number of aryl methyl sites for hydroxylation is 1. The summed E-state index contributed by atoms with van der Waals surface area (Å²) in [5.41, 5.74) is 0.976. The second-order valence-electron chi connectivity index (χ2n) is 4.31. The van der Waals surface area contributed by atoms with E-state index in [0.29, 0.717) is 0 Å². The fourth-order valence-electron chi connectivity index (χ4n) is 1.83. The van der Waals surface area contributed by atoms with Gasteiger partial charge < -0.3 is 10.2 Å². The summed E-state index contributed by atoms with van der Waals surface area (Å²) in [7, 11) is 0. The lowest BCUT2D eigenvalue weighted by atomic mass is 10.0. The van der Waals surface area contributed by atoms with Crippen molar-refractivity contribution in [2.45, 2.75) is 45.4 Å². The quantitative estimate of drug-likeness (QED) is 0.711. The Kier molecular flexibility index (Phi) is 5.53. The maximum atomic E-state index is 10.7. The normalized spacial score (nSPS) is 10.4. The number of aromatic hydroxyl groups is 1. The van der Waals surface area contributed by atoms with Crippen molar-refractivity contribution in [3.8, 4) is 5.75 Å². The summed E-state index contributed by atoms with van der Waals surface area (Å²) in [6, 6.07) is 4.58. The molecule has 1 aromatic carbocycles. The van der Waals surface area contributed by atoms with Crippen LogP contribution < -0.4 is 0 Å². The van der Waals surface area contributed by atoms with Gasteiger partial charge in [-0.3, -0.25) is 0 Å². The molecule has 0 spiro atoms. The van der Waals surface area contributed by atoms with Crippen molar-refractivity contribution in [1.82, 2.24) is 0 Å². The Bertz CT molecular complexity index is 372. The molecule has 0 radical (unpaired) electrons. The van der Waals surface area contributed by atoms with Crippen LogP contribution in [0.3, 0.4) is 0 Å². The molecule has 0 atom stereocenters. The minimum atomic E-state index is -1.00. The van der Waals surface area contributed by atoms with Crippen LogP contribution in [0.4, 0.5) is 0 Å². The number of hydrogen-bond acceptors (Lipinski definition) is 2. The van der Waals surface area contributed by atoms with Gasteiger partial charge in [0.1, 0.15) is 5.75 Å². The van der Waals surface area contributed by atoms with Crippen LogP contribution in [0.2, 0.25) is 0 Å². The van der Waals surface area contributed by atoms with Gasteiger partial charge in [0.15, 0.2) is 0 Å². The Labute approximate surface area is 102 Å². The van der Waals surface area contributed by atoms with E-state index in [9.17, 15) is 9.90 Å². The van der Waals surface area contributed by atoms with Crippen LogP contribution in [0, 0.1) is 0 Å². The molecule has 3 heteroatoms. The maximum absolute atomic E-state index is 10.7. The van der Waals surface area contributed by atoms with Crippen molar-refractivity contribution < 1.29 is 15.0 Å². The Hall–Kier alpha value is -1.51. The summed E-state index contributed by atoms with van der Waals surface area (Å²) in [4.78, 5) is 10.7. The number of carboxylic acids is 1. The Balaban J connectivity index is 2.46. The Morgan fingerprint density at radius 2 is 1.88 bits per heavy atom. The molecule has 0 unspecified atom stereocenters. The summed E-state index contributed by atoms with van der Waals surface area (Å²) >= 11 is 0. The molecule has 0 aliphatic heterocycles. The number of carboxylic acid groups (broad SMARTS) is 1. The van der Waals surface area contributed by atoms with E-state index in [1.54, 1.807) is 12.1 Å². The molecule has 1 rings (SSSR count). The zero-order valence-corrected chi connectivity index (χ0v) is 10.3. The lowest BCUT2D eigenvalue weighted by Gasteiger charge is -2.05. The zero-order valence-electron chi connectivity index (χ0n) is 10.3. The first kappa shape index (κ1) is 13.6. The molecule has 0 heterocycles. The van der Waals surface area contributed by atoms with Crippen molar-refractivity contribution >= 4 is 5.97 Å². The van der Waals surface area contributed by atoms with Gasteiger partial charge in [-0.1, -0.05) is 38.7 Å². The molecule has 0 fully saturated rings. The summed E-state index contributed by atoms with van der Waals surface area (Å²) in [5.74, 6) is -0.907. The molecule has 0 aliphatic carbocycles. The van der Waals surface area contributed by atoms with Gasteiger partial charge in [-0.05, 0) is 30.5 Å². The number of phenols is 1. The largest absolute Gasteiger partial charge is 0.508 e. The topological polar surface area (TPSA) is 57.5 Å². The highest BCUT2D eigenvalue weighted by atomic mass is 16.4. The highest BCUT2D eigenvalue weighted by Crippen LogP contribution is 2.21. The number of carbonyl (C=O) groups is 1. The molecular weight excluding hydrogens is 216 g/mol. The van der Waals surface area contributed by atoms with Crippen LogP contribution in [-0.2, 0) is 6.42 Å². The van der Waals surface area contributed by atoms with E-state index in [0.717, 1.165) is 24.8 Å². The van der Waals surface area contributed by atoms with Gasteiger partial charge in [0.25, 0.3) is 0 Å². The van der Waals surface area contributed by atoms with Crippen LogP contribution in [0.25, 0.3) is 0 Å². The smallest absolute Gasteiger partial charge is 0.335 e. The molecule has 0 saturated carbocycles. The average molecular weight is 236 g/mol. The summed E-state index contributed by atoms with van der Waals surface area (Å²) in [6.45, 7) is 2.18. The Morgan fingerprint density at radius 3 is 2.47 bits per heavy atom. The van der Waals surface area contributed by atoms with Crippen molar-refractivity contribution in [3.05, 3.63) is 29.3 Å². The number of rotatable bonds is 7. The molecule has 94 valence electrons. The van der Waals surface area contributed by atoms with Crippen LogP contribution in [0.1, 0.15) is 54.9 Å². The van der Waals surface area contributed by atoms with Crippen LogP contribution in [-0.4, -0.2) is 16.2 Å². The fraction of sp³-hybridized carbons (Fsp3) is 0.500. The van der Waals surface area contributed by atoms with Crippen LogP contribution in [0.5, 0.6) is 5.75 Å². The van der Waals surface area contributed by atoms with E-state index >= 15 is 0 Å². The molecule has 0 aromatic heterocycles. The third kappa shape index (κ3) is 4.47. The molecule has 17 heavy (non-hydrogen) atoms. The van der Waals surface area contributed by atoms with E-state index < -0.39 is 5.97 Å². The van der Waals surface area contributed by atoms with Gasteiger partial charge in [-0.25, -0.2) is 4.79 Å². The number of hydrogen-bond donors (Lipinski definition) is 2. The summed E-state index contributed by atoms with van der Waals surface area (Å²) in [6.07, 6.45) is 6.72. The number of benzene rings is 1. The highest BCUT2D eigenvalue weighted by Gasteiger charge is 2.07. The minimum Gasteiger partial charge on any atom is -0.508 e. The first-order valence-electron chi connectivity index (χ1n) is 6.20. The van der Waals surface area contributed by atoms with Crippen molar-refractivity contribution in [2.75, 3.05) is 0 Å². The van der Waals surface area contributed by atoms with Gasteiger partial charge in [0, 0.05) is 0 Å². The standard InChI is InChI=1S/C14H20O3/c1-2-3-4-5-6-7-11-8-9-12(14(16)17)10-13(11)15/h8-10,15H,2-7H2,1H3,(H,16,17). The minimum absolute atomic E-state index is 0.0976. The SMILES string of the molecule is CCCCCCCc1ccc(C(=O)O)cc1O. The fourth-order valence-corrected chi connectivity index (χ4v) is 1.83. The summed E-state index contributed by atoms with van der Waals surface area (Å²) in [5, 5.41) is 18.4. The first-order chi connectivity index (χ1) is 8.15. The number of phenolic OH excluding ortho intramolecular Hbond substituents is 1. The molecule has 2 N–H and O–H groups in total. The lowest BCUT2D eigenvalue weighted by Crippen LogP contribution is -1.97. The van der Waals surface area contributed by atoms with Crippen LogP contribution >= 0.6 is 0 Å². The van der Waals surface area contributed by atoms with Gasteiger partial charge in [0.2, 0.25) is 0 Å². The predicted molar refractivity (Wildman–Crippen MR) is 67.5 cm³/mol. The summed E-state index contributed by atoms with van der Waals surface area (Å²) < 4.78 is 0. The molecule has 0 aliphatic rings. The molecule has 1 aromatic rings. The van der Waals surface area contributed by atoms with E-state index in [2.05, 4.69) is 6.92 Å². The van der Waals surface area contributed by atoms with Gasteiger partial charge in [0.05, 0.1) is 5.56 Å². The van der Waals surface area contributed by atoms with E-state index in [4.69, 9.17) is 5.11 Å². The second kappa shape index (κ2) is 6.94. The van der Waals surface area contributed by atoms with Gasteiger partial charge in [-0.2, -0.15) is 0 Å². The number of aromatic carboxylic acids is 1. The molecule has 0 amide bonds. The molecule has 3 nitrogen and oxygen atoms in total. The lowest BCUT2D eigenvalue weighted by molar-refractivity contribution is 0.0696. The van der Waals surface area contributed by atoms with Crippen LogP contribution in [0.15, 0.2) is 18.2 Å². The average Bonchev–Trinajstić information content (AvgIpc) is 2.30. The van der Waals surface area contributed by atoms with Crippen molar-refractivity contribution in [2.24, 2.45) is 0 Å².